The summed E-state index contributed by atoms with van der Waals surface area (Å²) in [5.41, 5.74) is 4.75. The molecule has 0 saturated heterocycles. The smallest absolute Gasteiger partial charge is 0.341 e. The minimum atomic E-state index is -0.982. The molecule has 0 aromatic heterocycles. The lowest BCUT2D eigenvalue weighted by molar-refractivity contribution is -0.139. The zero-order valence-electron chi connectivity index (χ0n) is 19.3. The van der Waals surface area contributed by atoms with Gasteiger partial charge in [0.1, 0.15) is 5.75 Å². The van der Waals surface area contributed by atoms with Crippen LogP contribution in [0.4, 0.5) is 0 Å². The van der Waals surface area contributed by atoms with Crippen LogP contribution in [0.5, 0.6) is 5.75 Å². The molecule has 0 fully saturated rings. The molecule has 0 aliphatic heterocycles. The van der Waals surface area contributed by atoms with E-state index in [9.17, 15) is 9.59 Å². The van der Waals surface area contributed by atoms with E-state index in [1.165, 1.54) is 11.1 Å². The second-order valence-corrected chi connectivity index (χ2v) is 8.90. The summed E-state index contributed by atoms with van der Waals surface area (Å²) in [6.07, 6.45) is 3.85. The van der Waals surface area contributed by atoms with Crippen LogP contribution in [-0.2, 0) is 22.4 Å². The van der Waals surface area contributed by atoms with Crippen molar-refractivity contribution < 1.29 is 19.4 Å². The summed E-state index contributed by atoms with van der Waals surface area (Å²) in [4.78, 5) is 23.6. The van der Waals surface area contributed by atoms with Crippen LogP contribution < -0.4 is 10.1 Å². The van der Waals surface area contributed by atoms with Gasteiger partial charge < -0.3 is 15.2 Å². The monoisotopic (exact) mass is 457 g/mol. The molecular weight excluding hydrogens is 426 g/mol. The van der Waals surface area contributed by atoms with Crippen LogP contribution in [0.1, 0.15) is 47.4 Å². The molecule has 0 saturated carbocycles. The van der Waals surface area contributed by atoms with Crippen molar-refractivity contribution in [1.29, 1.82) is 0 Å². The first-order valence-corrected chi connectivity index (χ1v) is 11.9. The van der Waals surface area contributed by atoms with E-state index in [4.69, 9.17) is 9.84 Å². The van der Waals surface area contributed by atoms with Gasteiger partial charge in [0.15, 0.2) is 6.61 Å². The fourth-order valence-corrected chi connectivity index (χ4v) is 4.88. The Bertz CT molecular complexity index is 1060. The van der Waals surface area contributed by atoms with E-state index in [2.05, 4.69) is 59.9 Å². The summed E-state index contributed by atoms with van der Waals surface area (Å²) < 4.78 is 5.45. The van der Waals surface area contributed by atoms with Crippen molar-refractivity contribution in [2.45, 2.75) is 38.0 Å². The first kappa shape index (κ1) is 23.6. The molecule has 0 heterocycles. The third-order valence-corrected chi connectivity index (χ3v) is 6.53. The van der Waals surface area contributed by atoms with E-state index in [1.54, 1.807) is 0 Å². The van der Waals surface area contributed by atoms with Crippen LogP contribution in [-0.4, -0.2) is 30.1 Å². The van der Waals surface area contributed by atoms with Crippen molar-refractivity contribution in [3.8, 4) is 5.75 Å². The van der Waals surface area contributed by atoms with Gasteiger partial charge in [-0.3, -0.25) is 4.79 Å². The number of rotatable bonds is 10. The lowest BCUT2D eigenvalue weighted by Crippen LogP contribution is -2.29. The number of nitrogens with one attached hydrogen (secondary N) is 1. The summed E-state index contributed by atoms with van der Waals surface area (Å²) in [7, 11) is 0. The van der Waals surface area contributed by atoms with Gasteiger partial charge >= 0.3 is 5.97 Å². The average Bonchev–Trinajstić information content (AvgIpc) is 2.86. The lowest BCUT2D eigenvalue weighted by Gasteiger charge is -2.26. The molecule has 0 bridgehead atoms. The Labute approximate surface area is 200 Å². The van der Waals surface area contributed by atoms with Gasteiger partial charge in [-0.2, -0.15) is 0 Å². The first-order chi connectivity index (χ1) is 16.6. The number of carbonyl (C=O) groups is 2. The summed E-state index contributed by atoms with van der Waals surface area (Å²) >= 11 is 0. The normalized spacial score (nSPS) is 14.9. The molecule has 3 aromatic carbocycles. The molecule has 0 spiro atoms. The van der Waals surface area contributed by atoms with Crippen molar-refractivity contribution in [3.05, 3.63) is 101 Å². The summed E-state index contributed by atoms with van der Waals surface area (Å²) in [5.74, 6) is 0.279. The lowest BCUT2D eigenvalue weighted by atomic mass is 9.81. The Balaban J connectivity index is 1.30. The molecule has 1 aliphatic rings. The highest BCUT2D eigenvalue weighted by molar-refractivity contribution is 5.76. The number of carbonyl (C=O) groups excluding carboxylic acids is 1. The number of hydrogen-bond acceptors (Lipinski definition) is 3. The first-order valence-electron chi connectivity index (χ1n) is 11.9. The molecule has 2 N–H and O–H groups in total. The number of carboxylic acids is 1. The van der Waals surface area contributed by atoms with Gasteiger partial charge in [0.25, 0.3) is 0 Å². The molecule has 1 unspecified atom stereocenters. The molecule has 1 atom stereocenters. The highest BCUT2D eigenvalue weighted by Gasteiger charge is 2.24. The number of hydrogen-bond donors (Lipinski definition) is 2. The number of ether oxygens (including phenoxy) is 1. The predicted octanol–water partition coefficient (Wildman–Crippen LogP) is 4.98. The van der Waals surface area contributed by atoms with Crippen LogP contribution in [0, 0.1) is 5.92 Å². The number of carboxylic acid groups (broad SMARTS) is 1. The molecule has 1 amide bonds. The summed E-state index contributed by atoms with van der Waals surface area (Å²) in [5, 5.41) is 12.0. The van der Waals surface area contributed by atoms with Gasteiger partial charge in [-0.05, 0) is 59.9 Å². The summed E-state index contributed by atoms with van der Waals surface area (Å²) in [6.45, 7) is 0.291. The van der Waals surface area contributed by atoms with Crippen molar-refractivity contribution >= 4 is 11.9 Å². The molecule has 5 heteroatoms. The topological polar surface area (TPSA) is 75.6 Å². The van der Waals surface area contributed by atoms with E-state index in [1.807, 2.05) is 24.3 Å². The van der Waals surface area contributed by atoms with Crippen molar-refractivity contribution in [3.63, 3.8) is 0 Å². The second-order valence-electron chi connectivity index (χ2n) is 8.90. The maximum absolute atomic E-state index is 12.7. The van der Waals surface area contributed by atoms with Crippen molar-refractivity contribution in [2.24, 2.45) is 5.92 Å². The van der Waals surface area contributed by atoms with E-state index >= 15 is 0 Å². The molecular formula is C29H31NO4. The highest BCUT2D eigenvalue weighted by Crippen LogP contribution is 2.33. The van der Waals surface area contributed by atoms with Gasteiger partial charge in [-0.15, -0.1) is 0 Å². The van der Waals surface area contributed by atoms with Crippen LogP contribution in [0.15, 0.2) is 78.9 Å². The predicted molar refractivity (Wildman–Crippen MR) is 132 cm³/mol. The van der Waals surface area contributed by atoms with Gasteiger partial charge in [0.2, 0.25) is 5.91 Å². The van der Waals surface area contributed by atoms with Crippen LogP contribution in [0.25, 0.3) is 0 Å². The summed E-state index contributed by atoms with van der Waals surface area (Å²) in [6, 6.07) is 26.6. The van der Waals surface area contributed by atoms with E-state index in [0.29, 0.717) is 18.7 Å². The largest absolute Gasteiger partial charge is 0.482 e. The zero-order valence-corrected chi connectivity index (χ0v) is 19.3. The quantitative estimate of drug-likeness (QED) is 0.450. The van der Waals surface area contributed by atoms with Crippen molar-refractivity contribution in [2.75, 3.05) is 13.2 Å². The highest BCUT2D eigenvalue weighted by atomic mass is 16.5. The molecule has 5 nitrogen and oxygen atoms in total. The third kappa shape index (κ3) is 6.25. The Kier molecular flexibility index (Phi) is 7.97. The standard InChI is InChI=1S/C29H31NO4/c31-28(19-21-14-15-26-24(18-21)12-7-13-27(26)34-20-29(32)33)30-17-16-25(22-8-3-1-4-9-22)23-10-5-2-6-11-23/h1-13,21,25H,14-20H2,(H,30,31)(H,32,33). The van der Waals surface area contributed by atoms with Gasteiger partial charge in [0.05, 0.1) is 0 Å². The molecule has 34 heavy (non-hydrogen) atoms. The number of benzene rings is 3. The Morgan fingerprint density at radius 2 is 1.62 bits per heavy atom. The van der Waals surface area contributed by atoms with Crippen LogP contribution >= 0.6 is 0 Å². The molecule has 1 aliphatic carbocycles. The fourth-order valence-electron chi connectivity index (χ4n) is 4.88. The van der Waals surface area contributed by atoms with Crippen molar-refractivity contribution in [1.82, 2.24) is 5.32 Å². The fraction of sp³-hybridized carbons (Fsp3) is 0.310. The maximum Gasteiger partial charge on any atom is 0.341 e. The van der Waals surface area contributed by atoms with Gasteiger partial charge in [-0.25, -0.2) is 4.79 Å². The maximum atomic E-state index is 12.7. The second kappa shape index (κ2) is 11.5. The number of aliphatic carboxylic acids is 1. The molecule has 4 rings (SSSR count). The van der Waals surface area contributed by atoms with E-state index in [0.717, 1.165) is 36.8 Å². The molecule has 0 radical (unpaired) electrons. The minimum absolute atomic E-state index is 0.0894. The third-order valence-electron chi connectivity index (χ3n) is 6.53. The molecule has 176 valence electrons. The van der Waals surface area contributed by atoms with Crippen LogP contribution in [0.2, 0.25) is 0 Å². The van der Waals surface area contributed by atoms with Gasteiger partial charge in [-0.1, -0.05) is 72.8 Å². The minimum Gasteiger partial charge on any atom is -0.482 e. The Morgan fingerprint density at radius 3 is 2.26 bits per heavy atom. The number of fused-ring (bicyclic) bond motifs is 1. The zero-order chi connectivity index (χ0) is 23.8. The van der Waals surface area contributed by atoms with Crippen LogP contribution in [0.3, 0.4) is 0 Å². The Hall–Kier alpha value is -3.60. The SMILES string of the molecule is O=C(O)COc1cccc2c1CCC(CC(=O)NCCC(c1ccccc1)c1ccccc1)C2. The van der Waals surface area contributed by atoms with E-state index < -0.39 is 5.97 Å². The Morgan fingerprint density at radius 1 is 0.941 bits per heavy atom. The van der Waals surface area contributed by atoms with Gasteiger partial charge in [0, 0.05) is 18.9 Å². The van der Waals surface area contributed by atoms with E-state index in [-0.39, 0.29) is 24.3 Å². The number of amides is 1. The molecule has 3 aromatic rings. The average molecular weight is 458 g/mol.